The Morgan fingerprint density at radius 2 is 2.26 bits per heavy atom. The van der Waals surface area contributed by atoms with Crippen LogP contribution in [0, 0.1) is 5.92 Å². The van der Waals surface area contributed by atoms with Crippen LogP contribution < -0.4 is 5.32 Å². The fourth-order valence-corrected chi connectivity index (χ4v) is 3.00. The summed E-state index contributed by atoms with van der Waals surface area (Å²) in [4.78, 5) is 0. The van der Waals surface area contributed by atoms with Crippen LogP contribution in [0.2, 0.25) is 0 Å². The van der Waals surface area contributed by atoms with Gasteiger partial charge < -0.3 is 10.1 Å². The smallest absolute Gasteiger partial charge is 0.0580 e. The van der Waals surface area contributed by atoms with Crippen LogP contribution >= 0.6 is 0 Å². The molecule has 1 aromatic heterocycles. The first-order valence-electron chi connectivity index (χ1n) is 7.59. The number of aryl methyl sites for hydroxylation is 1. The zero-order chi connectivity index (χ0) is 13.7. The third kappa shape index (κ3) is 3.57. The molecule has 1 atom stereocenters. The van der Waals surface area contributed by atoms with Crippen LogP contribution in [-0.4, -0.2) is 29.5 Å². The molecule has 0 spiro atoms. The second kappa shape index (κ2) is 7.06. The summed E-state index contributed by atoms with van der Waals surface area (Å²) in [6.07, 6.45) is 7.17. The van der Waals surface area contributed by atoms with Gasteiger partial charge in [0.1, 0.15) is 0 Å². The average molecular weight is 265 g/mol. The van der Waals surface area contributed by atoms with Gasteiger partial charge in [-0.05, 0) is 51.6 Å². The molecule has 1 N–H and O–H groups in total. The van der Waals surface area contributed by atoms with Crippen molar-refractivity contribution in [2.45, 2.75) is 58.2 Å². The summed E-state index contributed by atoms with van der Waals surface area (Å²) in [6.45, 7) is 6.12. The standard InChI is InChI=1S/C15H27N3O/c1-4-8-18-15(6-7-17-18)14(16-3)11-12-9-13(10-12)19-5-2/h6-7,12-14,16H,4-5,8-11H2,1-3H3. The third-order valence-corrected chi connectivity index (χ3v) is 4.05. The van der Waals surface area contributed by atoms with Gasteiger partial charge in [0, 0.05) is 25.4 Å². The molecule has 1 aromatic rings. The molecule has 1 unspecified atom stereocenters. The predicted octanol–water partition coefficient (Wildman–Crippen LogP) is 2.76. The van der Waals surface area contributed by atoms with Crippen LogP contribution in [0.3, 0.4) is 0 Å². The topological polar surface area (TPSA) is 39.1 Å². The zero-order valence-corrected chi connectivity index (χ0v) is 12.4. The van der Waals surface area contributed by atoms with Crippen molar-refractivity contribution in [3.8, 4) is 0 Å². The van der Waals surface area contributed by atoms with E-state index in [0.29, 0.717) is 12.1 Å². The fraction of sp³-hybridized carbons (Fsp3) is 0.800. The summed E-state index contributed by atoms with van der Waals surface area (Å²) >= 11 is 0. The van der Waals surface area contributed by atoms with Crippen LogP contribution in [0.15, 0.2) is 12.3 Å². The second-order valence-electron chi connectivity index (χ2n) is 5.47. The van der Waals surface area contributed by atoms with Gasteiger partial charge >= 0.3 is 0 Å². The molecule has 19 heavy (non-hydrogen) atoms. The molecule has 0 radical (unpaired) electrons. The molecule has 0 saturated heterocycles. The first-order chi connectivity index (χ1) is 9.28. The van der Waals surface area contributed by atoms with E-state index in [2.05, 4.69) is 35.0 Å². The molecule has 4 nitrogen and oxygen atoms in total. The van der Waals surface area contributed by atoms with Gasteiger partial charge in [-0.25, -0.2) is 0 Å². The van der Waals surface area contributed by atoms with Crippen molar-refractivity contribution in [1.29, 1.82) is 0 Å². The summed E-state index contributed by atoms with van der Waals surface area (Å²) in [7, 11) is 2.05. The molecule has 108 valence electrons. The van der Waals surface area contributed by atoms with Crippen LogP contribution in [0.5, 0.6) is 0 Å². The van der Waals surface area contributed by atoms with E-state index in [0.717, 1.165) is 25.5 Å². The number of aromatic nitrogens is 2. The molecule has 4 heteroatoms. The summed E-state index contributed by atoms with van der Waals surface area (Å²) in [6, 6.07) is 2.57. The Balaban J connectivity index is 1.88. The Hall–Kier alpha value is -0.870. The van der Waals surface area contributed by atoms with E-state index < -0.39 is 0 Å². The first kappa shape index (κ1) is 14.5. The monoisotopic (exact) mass is 265 g/mol. The Labute approximate surface area is 116 Å². The number of rotatable bonds is 8. The molecule has 1 aliphatic carbocycles. The fourth-order valence-electron chi connectivity index (χ4n) is 3.00. The van der Waals surface area contributed by atoms with Gasteiger partial charge in [0.05, 0.1) is 11.8 Å². The van der Waals surface area contributed by atoms with E-state index in [1.165, 1.54) is 25.0 Å². The lowest BCUT2D eigenvalue weighted by atomic mass is 9.77. The van der Waals surface area contributed by atoms with E-state index in [-0.39, 0.29) is 0 Å². The quantitative estimate of drug-likeness (QED) is 0.785. The molecule has 1 saturated carbocycles. The van der Waals surface area contributed by atoms with Crippen LogP contribution in [0.4, 0.5) is 0 Å². The van der Waals surface area contributed by atoms with Gasteiger partial charge in [0.25, 0.3) is 0 Å². The van der Waals surface area contributed by atoms with E-state index in [1.807, 2.05) is 13.2 Å². The molecule has 1 heterocycles. The Bertz CT molecular complexity index is 371. The number of nitrogens with one attached hydrogen (secondary N) is 1. The molecule has 0 amide bonds. The number of hydrogen-bond donors (Lipinski definition) is 1. The van der Waals surface area contributed by atoms with Crippen LogP contribution in [0.1, 0.15) is 51.3 Å². The van der Waals surface area contributed by atoms with Crippen LogP contribution in [0.25, 0.3) is 0 Å². The lowest BCUT2D eigenvalue weighted by molar-refractivity contribution is -0.0291. The highest BCUT2D eigenvalue weighted by Gasteiger charge is 2.32. The maximum Gasteiger partial charge on any atom is 0.0580 e. The lowest BCUT2D eigenvalue weighted by Gasteiger charge is -2.37. The Kier molecular flexibility index (Phi) is 5.40. The molecule has 1 fully saturated rings. The van der Waals surface area contributed by atoms with Crippen molar-refractivity contribution in [2.24, 2.45) is 5.92 Å². The van der Waals surface area contributed by atoms with Gasteiger partial charge in [-0.15, -0.1) is 0 Å². The molecule has 0 aliphatic heterocycles. The average Bonchev–Trinajstić information content (AvgIpc) is 2.81. The molecule has 0 bridgehead atoms. The molecule has 2 rings (SSSR count). The number of ether oxygens (including phenoxy) is 1. The molecular weight excluding hydrogens is 238 g/mol. The van der Waals surface area contributed by atoms with Gasteiger partial charge in [0.15, 0.2) is 0 Å². The SMILES string of the molecule is CCCn1nccc1C(CC1CC(OCC)C1)NC. The number of nitrogens with zero attached hydrogens (tertiary/aromatic N) is 2. The summed E-state index contributed by atoms with van der Waals surface area (Å²) in [5.74, 6) is 0.791. The minimum atomic E-state index is 0.418. The highest BCUT2D eigenvalue weighted by molar-refractivity contribution is 5.08. The zero-order valence-electron chi connectivity index (χ0n) is 12.4. The largest absolute Gasteiger partial charge is 0.378 e. The maximum atomic E-state index is 5.64. The van der Waals surface area contributed by atoms with Crippen molar-refractivity contribution >= 4 is 0 Å². The van der Waals surface area contributed by atoms with Gasteiger partial charge in [-0.3, -0.25) is 4.68 Å². The Morgan fingerprint density at radius 3 is 2.89 bits per heavy atom. The molecular formula is C15H27N3O. The summed E-state index contributed by atoms with van der Waals surface area (Å²) in [5.41, 5.74) is 1.32. The van der Waals surface area contributed by atoms with Crippen molar-refractivity contribution in [3.63, 3.8) is 0 Å². The van der Waals surface area contributed by atoms with E-state index in [9.17, 15) is 0 Å². The molecule has 1 aliphatic rings. The van der Waals surface area contributed by atoms with Crippen molar-refractivity contribution in [3.05, 3.63) is 18.0 Å². The number of hydrogen-bond acceptors (Lipinski definition) is 3. The lowest BCUT2D eigenvalue weighted by Crippen LogP contribution is -2.34. The second-order valence-corrected chi connectivity index (χ2v) is 5.47. The molecule has 0 aromatic carbocycles. The minimum absolute atomic E-state index is 0.418. The highest BCUT2D eigenvalue weighted by Crippen LogP contribution is 2.36. The van der Waals surface area contributed by atoms with Crippen molar-refractivity contribution in [1.82, 2.24) is 15.1 Å². The van der Waals surface area contributed by atoms with E-state index in [1.54, 1.807) is 0 Å². The van der Waals surface area contributed by atoms with Crippen molar-refractivity contribution in [2.75, 3.05) is 13.7 Å². The van der Waals surface area contributed by atoms with Crippen molar-refractivity contribution < 1.29 is 4.74 Å². The van der Waals surface area contributed by atoms with Crippen LogP contribution in [-0.2, 0) is 11.3 Å². The third-order valence-electron chi connectivity index (χ3n) is 4.05. The maximum absolute atomic E-state index is 5.64. The summed E-state index contributed by atoms with van der Waals surface area (Å²) in [5, 5.41) is 7.87. The summed E-state index contributed by atoms with van der Waals surface area (Å²) < 4.78 is 7.78. The Morgan fingerprint density at radius 1 is 1.47 bits per heavy atom. The normalized spacial score (nSPS) is 24.2. The minimum Gasteiger partial charge on any atom is -0.378 e. The van der Waals surface area contributed by atoms with E-state index >= 15 is 0 Å². The van der Waals surface area contributed by atoms with Gasteiger partial charge in [0.2, 0.25) is 0 Å². The first-order valence-corrected chi connectivity index (χ1v) is 7.59. The highest BCUT2D eigenvalue weighted by atomic mass is 16.5. The van der Waals surface area contributed by atoms with Gasteiger partial charge in [-0.1, -0.05) is 6.92 Å². The van der Waals surface area contributed by atoms with Gasteiger partial charge in [-0.2, -0.15) is 5.10 Å². The van der Waals surface area contributed by atoms with E-state index in [4.69, 9.17) is 4.74 Å². The predicted molar refractivity (Wildman–Crippen MR) is 77.1 cm³/mol.